The summed E-state index contributed by atoms with van der Waals surface area (Å²) < 4.78 is 5.78. The van der Waals surface area contributed by atoms with Gasteiger partial charge in [-0.15, -0.1) is 0 Å². The number of hydrogen-bond donors (Lipinski definition) is 2. The first-order valence-corrected chi connectivity index (χ1v) is 7.87. The van der Waals surface area contributed by atoms with Crippen molar-refractivity contribution < 1.29 is 14.6 Å². The summed E-state index contributed by atoms with van der Waals surface area (Å²) in [7, 11) is 0. The molecule has 0 radical (unpaired) electrons. The molecule has 0 atom stereocenters. The monoisotopic (exact) mass is 348 g/mol. The number of benzene rings is 2. The summed E-state index contributed by atoms with van der Waals surface area (Å²) in [4.78, 5) is 12.8. The molecule has 2 aromatic rings. The Hall–Kier alpha value is -2.40. The average Bonchev–Trinajstić information content (AvgIpc) is 2.47. The van der Waals surface area contributed by atoms with E-state index < -0.39 is 11.6 Å². The van der Waals surface area contributed by atoms with Crippen molar-refractivity contribution in [1.82, 2.24) is 4.90 Å². The van der Waals surface area contributed by atoms with Gasteiger partial charge in [-0.3, -0.25) is 4.90 Å². The van der Waals surface area contributed by atoms with E-state index in [0.717, 1.165) is 5.56 Å². The lowest BCUT2D eigenvalue weighted by Crippen LogP contribution is -2.44. The van der Waals surface area contributed by atoms with Crippen LogP contribution >= 0.6 is 11.6 Å². The van der Waals surface area contributed by atoms with Crippen molar-refractivity contribution in [3.63, 3.8) is 0 Å². The summed E-state index contributed by atoms with van der Waals surface area (Å²) in [6.45, 7) is 5.83. The van der Waals surface area contributed by atoms with E-state index in [1.54, 1.807) is 30.3 Å². The van der Waals surface area contributed by atoms with Crippen LogP contribution in [0, 0.1) is 0 Å². The second-order valence-corrected chi connectivity index (χ2v) is 6.91. The van der Waals surface area contributed by atoms with Crippen molar-refractivity contribution in [2.75, 3.05) is 5.73 Å². The Labute approximate surface area is 146 Å². The van der Waals surface area contributed by atoms with Crippen LogP contribution in [0.3, 0.4) is 0 Å². The molecule has 3 N–H and O–H groups in total. The van der Waals surface area contributed by atoms with E-state index in [0.29, 0.717) is 22.2 Å². The first-order valence-electron chi connectivity index (χ1n) is 7.49. The van der Waals surface area contributed by atoms with Gasteiger partial charge in [0.25, 0.3) is 0 Å². The topological polar surface area (TPSA) is 75.8 Å². The molecule has 128 valence electrons. The Morgan fingerprint density at radius 3 is 2.58 bits per heavy atom. The number of ether oxygens (including phenoxy) is 1. The van der Waals surface area contributed by atoms with E-state index in [2.05, 4.69) is 0 Å². The second kappa shape index (κ2) is 7.01. The highest BCUT2D eigenvalue weighted by atomic mass is 35.5. The molecule has 0 unspecified atom stereocenters. The van der Waals surface area contributed by atoms with Crippen LogP contribution in [-0.4, -0.2) is 21.6 Å². The quantitative estimate of drug-likeness (QED) is 0.763. The first-order chi connectivity index (χ1) is 11.2. The zero-order valence-electron chi connectivity index (χ0n) is 13.9. The third-order valence-corrected chi connectivity index (χ3v) is 3.72. The lowest BCUT2D eigenvalue weighted by atomic mass is 10.1. The van der Waals surface area contributed by atoms with Gasteiger partial charge in [0.2, 0.25) is 0 Å². The van der Waals surface area contributed by atoms with Gasteiger partial charge in [0.15, 0.2) is 5.75 Å². The lowest BCUT2D eigenvalue weighted by Gasteiger charge is -2.33. The molecule has 0 saturated carbocycles. The molecule has 24 heavy (non-hydrogen) atoms. The van der Waals surface area contributed by atoms with E-state index in [-0.39, 0.29) is 6.54 Å². The number of hydrogen-bond acceptors (Lipinski definition) is 3. The Bertz CT molecular complexity index is 741. The van der Waals surface area contributed by atoms with Crippen LogP contribution in [0.1, 0.15) is 26.3 Å². The van der Waals surface area contributed by atoms with Crippen molar-refractivity contribution in [2.24, 2.45) is 0 Å². The van der Waals surface area contributed by atoms with Gasteiger partial charge in [0, 0.05) is 23.2 Å². The Balaban J connectivity index is 2.22. The maximum atomic E-state index is 11.5. The van der Waals surface area contributed by atoms with E-state index in [4.69, 9.17) is 22.1 Å². The number of amides is 1. The van der Waals surface area contributed by atoms with Gasteiger partial charge in [-0.1, -0.05) is 23.7 Å². The van der Waals surface area contributed by atoms with Crippen molar-refractivity contribution in [3.05, 3.63) is 53.1 Å². The number of halogens is 1. The first kappa shape index (κ1) is 17.9. The molecule has 0 bridgehead atoms. The Kier molecular flexibility index (Phi) is 5.24. The summed E-state index contributed by atoms with van der Waals surface area (Å²) in [5, 5.41) is 9.93. The van der Waals surface area contributed by atoms with Crippen LogP contribution in [-0.2, 0) is 6.54 Å². The minimum atomic E-state index is -0.965. The summed E-state index contributed by atoms with van der Waals surface area (Å²) in [5.41, 5.74) is 6.69. The number of nitrogens with two attached hydrogens (primary N) is 1. The molecule has 0 fully saturated rings. The summed E-state index contributed by atoms with van der Waals surface area (Å²) >= 11 is 5.96. The molecule has 0 aromatic heterocycles. The standard InChI is InChI=1S/C18H21ClN2O3/c1-18(2,3)21(17(22)23)11-12-5-4-6-14(9-12)24-16-10-13(19)7-8-15(16)20/h4-10H,11,20H2,1-3H3,(H,22,23). The molecule has 0 heterocycles. The zero-order valence-corrected chi connectivity index (χ0v) is 14.7. The highest BCUT2D eigenvalue weighted by Crippen LogP contribution is 2.31. The minimum Gasteiger partial charge on any atom is -0.465 e. The van der Waals surface area contributed by atoms with Gasteiger partial charge < -0.3 is 15.6 Å². The van der Waals surface area contributed by atoms with Crippen LogP contribution < -0.4 is 10.5 Å². The maximum Gasteiger partial charge on any atom is 0.408 e. The van der Waals surface area contributed by atoms with Gasteiger partial charge in [-0.05, 0) is 50.6 Å². The van der Waals surface area contributed by atoms with Crippen LogP contribution in [0.15, 0.2) is 42.5 Å². The molecular formula is C18H21ClN2O3. The molecule has 1 amide bonds. The smallest absolute Gasteiger partial charge is 0.408 e. The minimum absolute atomic E-state index is 0.265. The predicted molar refractivity (Wildman–Crippen MR) is 95.7 cm³/mol. The number of rotatable bonds is 4. The lowest BCUT2D eigenvalue weighted by molar-refractivity contribution is 0.0955. The number of carboxylic acid groups (broad SMARTS) is 1. The normalized spacial score (nSPS) is 11.2. The molecule has 0 spiro atoms. The number of nitrogen functional groups attached to an aromatic ring is 1. The Morgan fingerprint density at radius 1 is 1.25 bits per heavy atom. The summed E-state index contributed by atoms with van der Waals surface area (Å²) in [6.07, 6.45) is -0.965. The van der Waals surface area contributed by atoms with Crippen molar-refractivity contribution in [3.8, 4) is 11.5 Å². The molecule has 0 aliphatic heterocycles. The molecule has 0 aliphatic carbocycles. The molecule has 0 aliphatic rings. The van der Waals surface area contributed by atoms with Crippen molar-refractivity contribution >= 4 is 23.4 Å². The molecule has 2 aromatic carbocycles. The largest absolute Gasteiger partial charge is 0.465 e. The van der Waals surface area contributed by atoms with Gasteiger partial charge in [0.05, 0.1) is 5.69 Å². The highest BCUT2D eigenvalue weighted by Gasteiger charge is 2.26. The fraction of sp³-hybridized carbons (Fsp3) is 0.278. The van der Waals surface area contributed by atoms with E-state index in [1.165, 1.54) is 4.90 Å². The highest BCUT2D eigenvalue weighted by molar-refractivity contribution is 6.30. The Morgan fingerprint density at radius 2 is 1.96 bits per heavy atom. The van der Waals surface area contributed by atoms with Crippen LogP contribution in [0.2, 0.25) is 5.02 Å². The van der Waals surface area contributed by atoms with Crippen LogP contribution in [0.25, 0.3) is 0 Å². The summed E-state index contributed by atoms with van der Waals surface area (Å²) in [6, 6.07) is 12.3. The third-order valence-electron chi connectivity index (χ3n) is 3.48. The molecule has 0 saturated heterocycles. The molecule has 5 nitrogen and oxygen atoms in total. The van der Waals surface area contributed by atoms with Gasteiger partial charge >= 0.3 is 6.09 Å². The molecular weight excluding hydrogens is 328 g/mol. The van der Waals surface area contributed by atoms with E-state index in [1.807, 2.05) is 32.9 Å². The van der Waals surface area contributed by atoms with E-state index in [9.17, 15) is 9.90 Å². The van der Waals surface area contributed by atoms with Gasteiger partial charge in [0.1, 0.15) is 5.75 Å². The van der Waals surface area contributed by atoms with Crippen LogP contribution in [0.4, 0.5) is 10.5 Å². The average molecular weight is 349 g/mol. The SMILES string of the molecule is CC(C)(C)N(Cc1cccc(Oc2cc(Cl)ccc2N)c1)C(=O)O. The fourth-order valence-electron chi connectivity index (χ4n) is 2.21. The van der Waals surface area contributed by atoms with Crippen LogP contribution in [0.5, 0.6) is 11.5 Å². The van der Waals surface area contributed by atoms with Crippen molar-refractivity contribution in [2.45, 2.75) is 32.9 Å². The third kappa shape index (κ3) is 4.55. The maximum absolute atomic E-state index is 11.5. The van der Waals surface area contributed by atoms with Crippen molar-refractivity contribution in [1.29, 1.82) is 0 Å². The number of nitrogens with zero attached hydrogens (tertiary/aromatic N) is 1. The molecule has 6 heteroatoms. The predicted octanol–water partition coefficient (Wildman–Crippen LogP) is 4.99. The zero-order chi connectivity index (χ0) is 17.9. The van der Waals surface area contributed by atoms with Gasteiger partial charge in [-0.2, -0.15) is 0 Å². The fourth-order valence-corrected chi connectivity index (χ4v) is 2.37. The second-order valence-electron chi connectivity index (χ2n) is 6.47. The van der Waals surface area contributed by atoms with E-state index >= 15 is 0 Å². The molecule has 2 rings (SSSR count). The van der Waals surface area contributed by atoms with Gasteiger partial charge in [-0.25, -0.2) is 4.79 Å². The number of carbonyl (C=O) groups is 1. The summed E-state index contributed by atoms with van der Waals surface area (Å²) in [5.74, 6) is 1.03. The number of anilines is 1.